The fourth-order valence-corrected chi connectivity index (χ4v) is 1.74. The predicted octanol–water partition coefficient (Wildman–Crippen LogP) is 2.88. The van der Waals surface area contributed by atoms with Crippen molar-refractivity contribution in [2.24, 2.45) is 0 Å². The summed E-state index contributed by atoms with van der Waals surface area (Å²) in [4.78, 5) is 15.5. The summed E-state index contributed by atoms with van der Waals surface area (Å²) in [6.45, 7) is 4.07. The molecule has 0 aliphatic rings. The van der Waals surface area contributed by atoms with Crippen LogP contribution in [-0.2, 0) is 11.2 Å². The molecule has 0 aliphatic carbocycles. The number of rotatable bonds is 7. The first kappa shape index (κ1) is 14.2. The van der Waals surface area contributed by atoms with Gasteiger partial charge in [-0.2, -0.15) is 4.98 Å². The first-order valence-corrected chi connectivity index (χ1v) is 6.60. The molecular weight excluding hydrogens is 260 g/mol. The summed E-state index contributed by atoms with van der Waals surface area (Å²) in [5.74, 6) is 0.464. The average Bonchev–Trinajstić information content (AvgIpc) is 3.07. The molecule has 2 rings (SSSR count). The van der Waals surface area contributed by atoms with E-state index in [0.29, 0.717) is 12.6 Å². The van der Waals surface area contributed by atoms with Crippen molar-refractivity contribution in [2.45, 2.75) is 32.7 Å². The summed E-state index contributed by atoms with van der Waals surface area (Å²) >= 11 is 0. The Morgan fingerprint density at radius 3 is 3.05 bits per heavy atom. The first-order chi connectivity index (χ1) is 9.69. The van der Waals surface area contributed by atoms with Gasteiger partial charge in [0.25, 0.3) is 6.01 Å². The van der Waals surface area contributed by atoms with Crippen LogP contribution in [0.4, 0.5) is 6.01 Å². The molecule has 0 saturated carbocycles. The molecule has 2 aromatic heterocycles. The Labute approximate surface area is 117 Å². The lowest BCUT2D eigenvalue weighted by Crippen LogP contribution is -2.16. The summed E-state index contributed by atoms with van der Waals surface area (Å²) in [7, 11) is 0. The lowest BCUT2D eigenvalue weighted by atomic mass is 10.1. The molecule has 6 nitrogen and oxygen atoms in total. The molecule has 2 heterocycles. The molecule has 0 radical (unpaired) electrons. The standard InChI is InChI=1S/C14H18N2O4/c1-3-18-13(17)12-9-20-14(16-12)15-10(2)6-7-11-5-4-8-19-11/h4-5,8-10H,3,6-7H2,1-2H3,(H,15,16). The topological polar surface area (TPSA) is 77.5 Å². The second-order valence-corrected chi connectivity index (χ2v) is 4.42. The molecule has 2 aromatic rings. The second-order valence-electron chi connectivity index (χ2n) is 4.42. The Hall–Kier alpha value is -2.24. The van der Waals surface area contributed by atoms with E-state index in [0.717, 1.165) is 18.6 Å². The third kappa shape index (κ3) is 3.88. The number of furan rings is 1. The molecule has 1 unspecified atom stereocenters. The van der Waals surface area contributed by atoms with E-state index in [-0.39, 0.29) is 11.7 Å². The molecule has 0 amide bonds. The van der Waals surface area contributed by atoms with Crippen LogP contribution in [0.15, 0.2) is 33.5 Å². The maximum atomic E-state index is 11.4. The highest BCUT2D eigenvalue weighted by Gasteiger charge is 2.14. The highest BCUT2D eigenvalue weighted by molar-refractivity contribution is 5.87. The van der Waals surface area contributed by atoms with Crippen LogP contribution < -0.4 is 5.32 Å². The minimum Gasteiger partial charge on any atom is -0.469 e. The fourth-order valence-electron chi connectivity index (χ4n) is 1.74. The maximum Gasteiger partial charge on any atom is 0.360 e. The molecule has 0 aromatic carbocycles. The van der Waals surface area contributed by atoms with Crippen LogP contribution in [0.25, 0.3) is 0 Å². The van der Waals surface area contributed by atoms with Crippen LogP contribution in [0.1, 0.15) is 36.5 Å². The Morgan fingerprint density at radius 2 is 2.35 bits per heavy atom. The molecule has 0 spiro atoms. The van der Waals surface area contributed by atoms with Gasteiger partial charge in [0, 0.05) is 12.5 Å². The zero-order chi connectivity index (χ0) is 14.4. The number of ether oxygens (including phenoxy) is 1. The lowest BCUT2D eigenvalue weighted by Gasteiger charge is -2.10. The van der Waals surface area contributed by atoms with Gasteiger partial charge in [-0.05, 0) is 32.4 Å². The van der Waals surface area contributed by atoms with E-state index in [2.05, 4.69) is 10.3 Å². The van der Waals surface area contributed by atoms with E-state index < -0.39 is 5.97 Å². The molecule has 0 aliphatic heterocycles. The van der Waals surface area contributed by atoms with Gasteiger partial charge in [-0.15, -0.1) is 0 Å². The Morgan fingerprint density at radius 1 is 1.50 bits per heavy atom. The lowest BCUT2D eigenvalue weighted by molar-refractivity contribution is 0.0519. The number of hydrogen-bond acceptors (Lipinski definition) is 6. The van der Waals surface area contributed by atoms with Gasteiger partial charge in [0.1, 0.15) is 12.0 Å². The number of nitrogens with zero attached hydrogens (tertiary/aromatic N) is 1. The number of esters is 1. The third-order valence-corrected chi connectivity index (χ3v) is 2.76. The SMILES string of the molecule is CCOC(=O)c1coc(NC(C)CCc2ccco2)n1. The number of aromatic nitrogens is 1. The van der Waals surface area contributed by atoms with E-state index in [1.54, 1.807) is 13.2 Å². The van der Waals surface area contributed by atoms with E-state index in [4.69, 9.17) is 13.6 Å². The molecule has 1 N–H and O–H groups in total. The Balaban J connectivity index is 1.82. The molecule has 0 saturated heterocycles. The van der Waals surface area contributed by atoms with Crippen molar-refractivity contribution < 1.29 is 18.4 Å². The van der Waals surface area contributed by atoms with E-state index in [9.17, 15) is 4.79 Å². The normalized spacial score (nSPS) is 12.1. The van der Waals surface area contributed by atoms with Gasteiger partial charge >= 0.3 is 5.97 Å². The highest BCUT2D eigenvalue weighted by atomic mass is 16.5. The number of nitrogens with one attached hydrogen (secondary N) is 1. The van der Waals surface area contributed by atoms with Crippen LogP contribution in [-0.4, -0.2) is 23.6 Å². The van der Waals surface area contributed by atoms with Crippen LogP contribution in [0.3, 0.4) is 0 Å². The van der Waals surface area contributed by atoms with Gasteiger partial charge in [-0.3, -0.25) is 0 Å². The summed E-state index contributed by atoms with van der Waals surface area (Å²) in [5, 5.41) is 3.09. The van der Waals surface area contributed by atoms with Crippen molar-refractivity contribution in [1.82, 2.24) is 4.98 Å². The minimum absolute atomic E-state index is 0.147. The number of hydrogen-bond donors (Lipinski definition) is 1. The van der Waals surface area contributed by atoms with Crippen molar-refractivity contribution in [2.75, 3.05) is 11.9 Å². The van der Waals surface area contributed by atoms with E-state index >= 15 is 0 Å². The number of oxazole rings is 1. The van der Waals surface area contributed by atoms with Crippen LogP contribution in [0, 0.1) is 0 Å². The fraction of sp³-hybridized carbons (Fsp3) is 0.429. The predicted molar refractivity (Wildman–Crippen MR) is 72.6 cm³/mol. The average molecular weight is 278 g/mol. The third-order valence-electron chi connectivity index (χ3n) is 2.76. The minimum atomic E-state index is -0.479. The smallest absolute Gasteiger partial charge is 0.360 e. The van der Waals surface area contributed by atoms with Crippen molar-refractivity contribution in [3.8, 4) is 0 Å². The zero-order valence-corrected chi connectivity index (χ0v) is 11.6. The molecular formula is C14H18N2O4. The number of anilines is 1. The van der Waals surface area contributed by atoms with Gasteiger partial charge in [-0.25, -0.2) is 4.79 Å². The molecule has 108 valence electrons. The van der Waals surface area contributed by atoms with Crippen LogP contribution in [0.2, 0.25) is 0 Å². The van der Waals surface area contributed by atoms with Crippen molar-refractivity contribution in [1.29, 1.82) is 0 Å². The van der Waals surface area contributed by atoms with Gasteiger partial charge in [0.15, 0.2) is 5.69 Å². The van der Waals surface area contributed by atoms with E-state index in [1.807, 2.05) is 19.1 Å². The molecule has 1 atom stereocenters. The Bertz CT molecular complexity index is 533. The monoisotopic (exact) mass is 278 g/mol. The van der Waals surface area contributed by atoms with Crippen molar-refractivity contribution in [3.05, 3.63) is 36.1 Å². The maximum absolute atomic E-state index is 11.4. The summed E-state index contributed by atoms with van der Waals surface area (Å²) < 4.78 is 15.3. The number of aryl methyl sites for hydroxylation is 1. The van der Waals surface area contributed by atoms with Gasteiger partial charge in [0.2, 0.25) is 0 Å². The zero-order valence-electron chi connectivity index (χ0n) is 11.6. The first-order valence-electron chi connectivity index (χ1n) is 6.60. The van der Waals surface area contributed by atoms with Crippen LogP contribution >= 0.6 is 0 Å². The van der Waals surface area contributed by atoms with Gasteiger partial charge < -0.3 is 18.9 Å². The summed E-state index contributed by atoms with van der Waals surface area (Å²) in [6.07, 6.45) is 4.64. The molecule has 20 heavy (non-hydrogen) atoms. The van der Waals surface area contributed by atoms with E-state index in [1.165, 1.54) is 6.26 Å². The molecule has 6 heteroatoms. The Kier molecular flexibility index (Phi) is 4.81. The molecule has 0 fully saturated rings. The quantitative estimate of drug-likeness (QED) is 0.785. The number of carbonyl (C=O) groups excluding carboxylic acids is 1. The summed E-state index contributed by atoms with van der Waals surface area (Å²) in [5.41, 5.74) is 0.174. The molecule has 0 bridgehead atoms. The largest absolute Gasteiger partial charge is 0.469 e. The number of carbonyl (C=O) groups is 1. The van der Waals surface area contributed by atoms with Crippen molar-refractivity contribution in [3.63, 3.8) is 0 Å². The highest BCUT2D eigenvalue weighted by Crippen LogP contribution is 2.13. The van der Waals surface area contributed by atoms with Crippen molar-refractivity contribution >= 4 is 12.0 Å². The summed E-state index contributed by atoms with van der Waals surface area (Å²) in [6, 6.07) is 4.28. The van der Waals surface area contributed by atoms with Gasteiger partial charge in [0.05, 0.1) is 12.9 Å². The van der Waals surface area contributed by atoms with Gasteiger partial charge in [-0.1, -0.05) is 0 Å². The second kappa shape index (κ2) is 6.79. The van der Waals surface area contributed by atoms with Crippen LogP contribution in [0.5, 0.6) is 0 Å².